The Kier molecular flexibility index (Phi) is 4.71. The van der Waals surface area contributed by atoms with Crippen molar-refractivity contribution >= 4 is 35.3 Å². The topological polar surface area (TPSA) is 58.2 Å². The Morgan fingerprint density at radius 2 is 1.68 bits per heavy atom. The number of hydrogen-bond donors (Lipinski definition) is 2. The number of thioether (sulfide) groups is 1. The van der Waals surface area contributed by atoms with Crippen LogP contribution >= 0.6 is 23.4 Å². The Morgan fingerprint density at radius 1 is 1.08 bits per heavy atom. The lowest BCUT2D eigenvalue weighted by molar-refractivity contribution is -0.117. The zero-order valence-electron chi connectivity index (χ0n) is 14.1. The molecule has 1 aromatic carbocycles. The van der Waals surface area contributed by atoms with E-state index in [1.807, 2.05) is 18.2 Å². The van der Waals surface area contributed by atoms with Crippen LogP contribution in [0, 0.1) is 17.8 Å². The minimum atomic E-state index is -0.341. The van der Waals surface area contributed by atoms with Gasteiger partial charge in [-0.15, -0.1) is 11.8 Å². The van der Waals surface area contributed by atoms with Crippen LogP contribution in [0.2, 0.25) is 5.02 Å². The Bertz CT molecular complexity index is 658. The van der Waals surface area contributed by atoms with Crippen LogP contribution in [0.3, 0.4) is 0 Å². The molecule has 4 aliphatic rings. The molecule has 6 heteroatoms. The highest BCUT2D eigenvalue weighted by Gasteiger charge is 2.51. The summed E-state index contributed by atoms with van der Waals surface area (Å²) >= 11 is 7.43. The van der Waals surface area contributed by atoms with E-state index in [2.05, 4.69) is 10.6 Å². The van der Waals surface area contributed by atoms with Gasteiger partial charge in [-0.05, 0) is 68.4 Å². The van der Waals surface area contributed by atoms with Crippen LogP contribution in [0.1, 0.15) is 38.5 Å². The van der Waals surface area contributed by atoms with Crippen LogP contribution in [0.25, 0.3) is 0 Å². The zero-order valence-corrected chi connectivity index (χ0v) is 15.7. The molecule has 25 heavy (non-hydrogen) atoms. The number of benzene rings is 1. The molecule has 3 amide bonds. The third kappa shape index (κ3) is 3.82. The van der Waals surface area contributed by atoms with Crippen LogP contribution in [0.15, 0.2) is 29.2 Å². The molecule has 134 valence electrons. The minimum absolute atomic E-state index is 0.0744. The molecular weight excluding hydrogens is 356 g/mol. The summed E-state index contributed by atoms with van der Waals surface area (Å²) in [5.41, 5.74) is -0.0744. The summed E-state index contributed by atoms with van der Waals surface area (Å²) in [6, 6.07) is 7.06. The fraction of sp³-hybridized carbons (Fsp3) is 0.579. The fourth-order valence-electron chi connectivity index (χ4n) is 5.40. The molecule has 4 fully saturated rings. The summed E-state index contributed by atoms with van der Waals surface area (Å²) in [4.78, 5) is 25.3. The SMILES string of the molecule is O=C(CSc1ccccc1Cl)NC(=O)NC12CC3CC(CC(C3)C1)C2. The number of nitrogens with one attached hydrogen (secondary N) is 2. The number of halogens is 1. The molecule has 0 saturated heterocycles. The Hall–Kier alpha value is -1.20. The number of amides is 3. The highest BCUT2D eigenvalue weighted by Crippen LogP contribution is 2.55. The van der Waals surface area contributed by atoms with Gasteiger partial charge in [-0.2, -0.15) is 0 Å². The second-order valence-electron chi connectivity index (χ2n) is 7.92. The second kappa shape index (κ2) is 6.84. The van der Waals surface area contributed by atoms with E-state index in [1.165, 1.54) is 31.0 Å². The summed E-state index contributed by atoms with van der Waals surface area (Å²) in [5, 5.41) is 6.27. The molecule has 4 bridgehead atoms. The second-order valence-corrected chi connectivity index (χ2v) is 9.34. The molecule has 0 aromatic heterocycles. The lowest BCUT2D eigenvalue weighted by atomic mass is 9.53. The van der Waals surface area contributed by atoms with E-state index in [4.69, 9.17) is 11.6 Å². The van der Waals surface area contributed by atoms with Gasteiger partial charge in [0.25, 0.3) is 0 Å². The molecule has 0 spiro atoms. The van der Waals surface area contributed by atoms with E-state index in [0.717, 1.165) is 41.9 Å². The third-order valence-corrected chi connectivity index (χ3v) is 7.38. The lowest BCUT2D eigenvalue weighted by Crippen LogP contribution is -2.61. The normalized spacial score (nSPS) is 32.4. The standard InChI is InChI=1S/C19H23ClN2O2S/c20-15-3-1-2-4-16(15)25-11-17(23)21-18(24)22-19-8-12-5-13(9-19)7-14(6-12)10-19/h1-4,12-14H,5-11H2,(H2,21,22,23,24). The van der Waals surface area contributed by atoms with Crippen LogP contribution in [-0.2, 0) is 4.79 Å². The van der Waals surface area contributed by atoms with Crippen molar-refractivity contribution < 1.29 is 9.59 Å². The van der Waals surface area contributed by atoms with E-state index in [0.29, 0.717) is 5.02 Å². The summed E-state index contributed by atoms with van der Waals surface area (Å²) in [6.07, 6.45) is 7.22. The van der Waals surface area contributed by atoms with E-state index in [1.54, 1.807) is 6.07 Å². The van der Waals surface area contributed by atoms with Gasteiger partial charge < -0.3 is 5.32 Å². The first-order chi connectivity index (χ1) is 12.0. The molecule has 4 saturated carbocycles. The van der Waals surface area contributed by atoms with Crippen LogP contribution in [-0.4, -0.2) is 23.2 Å². The third-order valence-electron chi connectivity index (χ3n) is 5.87. The maximum Gasteiger partial charge on any atom is 0.321 e. The first kappa shape index (κ1) is 17.2. The molecule has 4 nitrogen and oxygen atoms in total. The van der Waals surface area contributed by atoms with Crippen LogP contribution < -0.4 is 10.6 Å². The molecule has 1 aromatic rings. The van der Waals surface area contributed by atoms with Gasteiger partial charge in [0.05, 0.1) is 10.8 Å². The first-order valence-corrected chi connectivity index (χ1v) is 10.4. The Balaban J connectivity index is 1.29. The van der Waals surface area contributed by atoms with E-state index < -0.39 is 0 Å². The summed E-state index contributed by atoms with van der Waals surface area (Å²) in [7, 11) is 0. The van der Waals surface area contributed by atoms with Crippen molar-refractivity contribution in [2.75, 3.05) is 5.75 Å². The highest BCUT2D eigenvalue weighted by molar-refractivity contribution is 8.00. The van der Waals surface area contributed by atoms with E-state index >= 15 is 0 Å². The quantitative estimate of drug-likeness (QED) is 0.771. The minimum Gasteiger partial charge on any atom is -0.332 e. The van der Waals surface area contributed by atoms with Gasteiger partial charge in [0, 0.05) is 10.4 Å². The molecule has 2 N–H and O–H groups in total. The first-order valence-electron chi connectivity index (χ1n) is 9.01. The molecule has 5 rings (SSSR count). The van der Waals surface area contributed by atoms with Crippen molar-refractivity contribution in [3.05, 3.63) is 29.3 Å². The summed E-state index contributed by atoms with van der Waals surface area (Å²) < 4.78 is 0. The number of imide groups is 1. The average molecular weight is 379 g/mol. The van der Waals surface area contributed by atoms with Crippen molar-refractivity contribution in [2.24, 2.45) is 17.8 Å². The molecule has 0 atom stereocenters. The van der Waals surface area contributed by atoms with Gasteiger partial charge in [-0.3, -0.25) is 10.1 Å². The van der Waals surface area contributed by atoms with Gasteiger partial charge >= 0.3 is 6.03 Å². The van der Waals surface area contributed by atoms with Gasteiger partial charge in [-0.1, -0.05) is 23.7 Å². The Labute approximate surface area is 157 Å². The summed E-state index contributed by atoms with van der Waals surface area (Å²) in [6.45, 7) is 0. The van der Waals surface area contributed by atoms with Gasteiger partial charge in [0.2, 0.25) is 5.91 Å². The molecular formula is C19H23ClN2O2S. The fourth-order valence-corrected chi connectivity index (χ4v) is 6.44. The van der Waals surface area contributed by atoms with Gasteiger partial charge in [0.15, 0.2) is 0 Å². The summed E-state index contributed by atoms with van der Waals surface area (Å²) in [5.74, 6) is 2.18. The van der Waals surface area contributed by atoms with Gasteiger partial charge in [-0.25, -0.2) is 4.79 Å². The van der Waals surface area contributed by atoms with Crippen molar-refractivity contribution in [1.82, 2.24) is 10.6 Å². The monoisotopic (exact) mass is 378 g/mol. The number of rotatable bonds is 4. The molecule has 0 unspecified atom stereocenters. The zero-order chi connectivity index (χ0) is 17.4. The maximum atomic E-state index is 12.3. The predicted octanol–water partition coefficient (Wildman–Crippen LogP) is 4.23. The van der Waals surface area contributed by atoms with Crippen LogP contribution in [0.4, 0.5) is 4.79 Å². The van der Waals surface area contributed by atoms with E-state index in [9.17, 15) is 9.59 Å². The number of carbonyl (C=O) groups is 2. The van der Waals surface area contributed by atoms with Crippen molar-refractivity contribution in [2.45, 2.75) is 49.0 Å². The van der Waals surface area contributed by atoms with Crippen molar-refractivity contribution in [1.29, 1.82) is 0 Å². The number of hydrogen-bond acceptors (Lipinski definition) is 3. The van der Waals surface area contributed by atoms with Crippen molar-refractivity contribution in [3.63, 3.8) is 0 Å². The largest absolute Gasteiger partial charge is 0.332 e. The van der Waals surface area contributed by atoms with E-state index in [-0.39, 0.29) is 23.2 Å². The average Bonchev–Trinajstić information content (AvgIpc) is 2.52. The smallest absolute Gasteiger partial charge is 0.321 e. The molecule has 0 heterocycles. The number of carbonyl (C=O) groups excluding carboxylic acids is 2. The lowest BCUT2D eigenvalue weighted by Gasteiger charge is -2.56. The van der Waals surface area contributed by atoms with Gasteiger partial charge in [0.1, 0.15) is 0 Å². The molecule has 0 aliphatic heterocycles. The highest BCUT2D eigenvalue weighted by atomic mass is 35.5. The number of urea groups is 1. The predicted molar refractivity (Wildman–Crippen MR) is 99.8 cm³/mol. The maximum absolute atomic E-state index is 12.3. The Morgan fingerprint density at radius 3 is 2.28 bits per heavy atom. The molecule has 4 aliphatic carbocycles. The van der Waals surface area contributed by atoms with Crippen molar-refractivity contribution in [3.8, 4) is 0 Å². The molecule has 0 radical (unpaired) electrons. The van der Waals surface area contributed by atoms with Crippen LogP contribution in [0.5, 0.6) is 0 Å².